The number of benzene rings is 1. The lowest BCUT2D eigenvalue weighted by Gasteiger charge is -2.09. The van der Waals surface area contributed by atoms with Crippen LogP contribution >= 0.6 is 39.1 Å². The molecule has 2 aromatic rings. The maximum absolute atomic E-state index is 10.9. The molecule has 2 rings (SSSR count). The van der Waals surface area contributed by atoms with E-state index < -0.39 is 5.97 Å². The van der Waals surface area contributed by atoms with E-state index in [1.54, 1.807) is 18.2 Å². The van der Waals surface area contributed by atoms with Crippen LogP contribution in [0, 0.1) is 0 Å². The lowest BCUT2D eigenvalue weighted by molar-refractivity contribution is 0.0690. The first-order valence-electron chi connectivity index (χ1n) is 4.87. The van der Waals surface area contributed by atoms with E-state index in [0.29, 0.717) is 26.8 Å². The minimum atomic E-state index is -1.10. The zero-order valence-electron chi connectivity index (χ0n) is 8.90. The Kier molecular flexibility index (Phi) is 3.94. The van der Waals surface area contributed by atoms with Crippen molar-refractivity contribution >= 4 is 45.1 Å². The molecule has 4 nitrogen and oxygen atoms in total. The summed E-state index contributed by atoms with van der Waals surface area (Å²) in [5.41, 5.74) is 1.07. The van der Waals surface area contributed by atoms with Gasteiger partial charge in [-0.25, -0.2) is 9.48 Å². The molecule has 1 heterocycles. The van der Waals surface area contributed by atoms with Crippen LogP contribution in [0.4, 0.5) is 0 Å². The van der Waals surface area contributed by atoms with E-state index in [0.717, 1.165) is 0 Å². The molecule has 1 aromatic heterocycles. The highest BCUT2D eigenvalue weighted by Gasteiger charge is 2.17. The summed E-state index contributed by atoms with van der Waals surface area (Å²) >= 11 is 15.4. The van der Waals surface area contributed by atoms with Crippen LogP contribution < -0.4 is 0 Å². The quantitative estimate of drug-likeness (QED) is 0.858. The summed E-state index contributed by atoms with van der Waals surface area (Å²) in [5, 5.41) is 14.2. The predicted molar refractivity (Wildman–Crippen MR) is 73.2 cm³/mol. The van der Waals surface area contributed by atoms with E-state index in [1.807, 2.05) is 0 Å². The van der Waals surface area contributed by atoms with Gasteiger partial charge in [-0.1, -0.05) is 45.2 Å². The summed E-state index contributed by atoms with van der Waals surface area (Å²) in [6.45, 7) is 0. The van der Waals surface area contributed by atoms with E-state index in [2.05, 4.69) is 21.0 Å². The molecule has 0 aliphatic heterocycles. The van der Waals surface area contributed by atoms with E-state index in [-0.39, 0.29) is 5.69 Å². The summed E-state index contributed by atoms with van der Waals surface area (Å²) < 4.78 is 1.43. The van der Waals surface area contributed by atoms with Crippen molar-refractivity contribution in [2.24, 2.45) is 0 Å². The summed E-state index contributed by atoms with van der Waals surface area (Å²) in [4.78, 5) is 10.9. The summed E-state index contributed by atoms with van der Waals surface area (Å²) in [5.74, 6) is -1.10. The number of carbonyl (C=O) groups is 1. The van der Waals surface area contributed by atoms with Gasteiger partial charge >= 0.3 is 5.97 Å². The fourth-order valence-corrected chi connectivity index (χ4v) is 2.46. The van der Waals surface area contributed by atoms with Crippen LogP contribution in [0.1, 0.15) is 16.2 Å². The van der Waals surface area contributed by atoms with Crippen molar-refractivity contribution < 1.29 is 9.90 Å². The van der Waals surface area contributed by atoms with Gasteiger partial charge < -0.3 is 5.11 Å². The second kappa shape index (κ2) is 5.30. The monoisotopic (exact) mass is 348 g/mol. The molecule has 0 radical (unpaired) electrons. The largest absolute Gasteiger partial charge is 0.476 e. The van der Waals surface area contributed by atoms with Gasteiger partial charge in [-0.2, -0.15) is 5.10 Å². The molecular formula is C11H7BrCl2N2O2. The standard InChI is InChI=1S/C11H7BrCl2N2O2/c12-5-6-4-9(11(17)18)15-16(6)10-7(13)2-1-3-8(10)14/h1-4H,5H2,(H,17,18). The van der Waals surface area contributed by atoms with E-state index in [1.165, 1.54) is 10.7 Å². The minimum Gasteiger partial charge on any atom is -0.476 e. The molecule has 0 aliphatic carbocycles. The maximum atomic E-state index is 10.9. The highest BCUT2D eigenvalue weighted by Crippen LogP contribution is 2.29. The van der Waals surface area contributed by atoms with Gasteiger partial charge in [0.15, 0.2) is 5.69 Å². The molecule has 0 bridgehead atoms. The van der Waals surface area contributed by atoms with Gasteiger partial charge in [0.2, 0.25) is 0 Å². The third-order valence-electron chi connectivity index (χ3n) is 2.29. The lowest BCUT2D eigenvalue weighted by atomic mass is 10.3. The Labute approximate surface area is 121 Å². The summed E-state index contributed by atoms with van der Waals surface area (Å²) in [6.07, 6.45) is 0. The van der Waals surface area contributed by atoms with Crippen molar-refractivity contribution in [1.82, 2.24) is 9.78 Å². The van der Waals surface area contributed by atoms with Crippen LogP contribution in [0.3, 0.4) is 0 Å². The number of rotatable bonds is 3. The zero-order valence-corrected chi connectivity index (χ0v) is 12.0. The number of aromatic carboxylic acids is 1. The van der Waals surface area contributed by atoms with Crippen LogP contribution in [0.2, 0.25) is 10.0 Å². The Hall–Kier alpha value is -1.04. The molecule has 7 heteroatoms. The normalized spacial score (nSPS) is 10.6. The Morgan fingerprint density at radius 1 is 1.39 bits per heavy atom. The maximum Gasteiger partial charge on any atom is 0.356 e. The van der Waals surface area contributed by atoms with Crippen molar-refractivity contribution in [3.63, 3.8) is 0 Å². The molecule has 0 atom stereocenters. The smallest absolute Gasteiger partial charge is 0.356 e. The van der Waals surface area contributed by atoms with Gasteiger partial charge in [-0.15, -0.1) is 0 Å². The molecule has 0 saturated carbocycles. The SMILES string of the molecule is O=C(O)c1cc(CBr)n(-c2c(Cl)cccc2Cl)n1. The summed E-state index contributed by atoms with van der Waals surface area (Å²) in [6, 6.07) is 6.52. The fraction of sp³-hybridized carbons (Fsp3) is 0.0909. The molecule has 0 spiro atoms. The first kappa shape index (κ1) is 13.4. The van der Waals surface area contributed by atoms with Crippen LogP contribution in [0.5, 0.6) is 0 Å². The number of alkyl halides is 1. The Morgan fingerprint density at radius 2 is 2.00 bits per heavy atom. The number of nitrogens with zero attached hydrogens (tertiary/aromatic N) is 2. The molecule has 0 saturated heterocycles. The van der Waals surface area contributed by atoms with Gasteiger partial charge in [0.05, 0.1) is 15.7 Å². The average molecular weight is 350 g/mol. The van der Waals surface area contributed by atoms with E-state index in [4.69, 9.17) is 28.3 Å². The van der Waals surface area contributed by atoms with Crippen LogP contribution in [0.25, 0.3) is 5.69 Å². The second-order valence-corrected chi connectivity index (χ2v) is 4.82. The molecule has 1 aromatic carbocycles. The average Bonchev–Trinajstić information content (AvgIpc) is 2.73. The fourth-order valence-electron chi connectivity index (χ4n) is 1.50. The minimum absolute atomic E-state index is 0.0552. The van der Waals surface area contributed by atoms with Crippen molar-refractivity contribution in [3.8, 4) is 5.69 Å². The third kappa shape index (κ3) is 2.39. The third-order valence-corrected chi connectivity index (χ3v) is 3.47. The first-order chi connectivity index (χ1) is 8.54. The van der Waals surface area contributed by atoms with Crippen molar-refractivity contribution in [2.75, 3.05) is 0 Å². The second-order valence-electron chi connectivity index (χ2n) is 3.44. The highest BCUT2D eigenvalue weighted by molar-refractivity contribution is 9.08. The number of para-hydroxylation sites is 1. The van der Waals surface area contributed by atoms with Gasteiger partial charge in [0.25, 0.3) is 0 Å². The van der Waals surface area contributed by atoms with Crippen molar-refractivity contribution in [1.29, 1.82) is 0 Å². The number of hydrogen-bond donors (Lipinski definition) is 1. The molecule has 0 unspecified atom stereocenters. The van der Waals surface area contributed by atoms with Gasteiger partial charge in [-0.3, -0.25) is 0 Å². The molecule has 0 aliphatic rings. The number of aromatic nitrogens is 2. The zero-order chi connectivity index (χ0) is 13.3. The van der Waals surface area contributed by atoms with Crippen LogP contribution in [0.15, 0.2) is 24.3 Å². The number of carboxylic acid groups (broad SMARTS) is 1. The van der Waals surface area contributed by atoms with E-state index in [9.17, 15) is 4.79 Å². The number of hydrogen-bond acceptors (Lipinski definition) is 2. The van der Waals surface area contributed by atoms with Gasteiger partial charge in [-0.05, 0) is 18.2 Å². The van der Waals surface area contributed by atoms with Crippen molar-refractivity contribution in [3.05, 3.63) is 45.7 Å². The molecule has 0 fully saturated rings. The van der Waals surface area contributed by atoms with Crippen molar-refractivity contribution in [2.45, 2.75) is 5.33 Å². The number of halogens is 3. The molecule has 1 N–H and O–H groups in total. The predicted octanol–water partition coefficient (Wildman–Crippen LogP) is 3.77. The molecule has 18 heavy (non-hydrogen) atoms. The summed E-state index contributed by atoms with van der Waals surface area (Å²) in [7, 11) is 0. The number of carboxylic acids is 1. The highest BCUT2D eigenvalue weighted by atomic mass is 79.9. The van der Waals surface area contributed by atoms with Crippen LogP contribution in [-0.2, 0) is 5.33 Å². The lowest BCUT2D eigenvalue weighted by Crippen LogP contribution is -2.04. The van der Waals surface area contributed by atoms with Crippen LogP contribution in [-0.4, -0.2) is 20.9 Å². The Morgan fingerprint density at radius 3 is 2.50 bits per heavy atom. The topological polar surface area (TPSA) is 55.1 Å². The Bertz CT molecular complexity index is 593. The molecular weight excluding hydrogens is 343 g/mol. The molecule has 94 valence electrons. The van der Waals surface area contributed by atoms with E-state index >= 15 is 0 Å². The molecule has 0 amide bonds. The van der Waals surface area contributed by atoms with Gasteiger partial charge in [0, 0.05) is 5.33 Å². The Balaban J connectivity index is 2.66. The first-order valence-corrected chi connectivity index (χ1v) is 6.75. The van der Waals surface area contributed by atoms with Gasteiger partial charge in [0.1, 0.15) is 5.69 Å².